The molecule has 0 aliphatic carbocycles. The Morgan fingerprint density at radius 2 is 1.81 bits per heavy atom. The van der Waals surface area contributed by atoms with Crippen LogP contribution in [0, 0.1) is 0 Å². The van der Waals surface area contributed by atoms with Gasteiger partial charge in [-0.25, -0.2) is 0 Å². The average molecular weight is 377 g/mol. The van der Waals surface area contributed by atoms with Crippen molar-refractivity contribution in [2.75, 3.05) is 32.2 Å². The lowest BCUT2D eigenvalue weighted by atomic mass is 10.2. The molecule has 0 heterocycles. The number of ether oxygens (including phenoxy) is 2. The third kappa shape index (κ3) is 4.89. The van der Waals surface area contributed by atoms with Gasteiger partial charge in [-0.2, -0.15) is 0 Å². The SMILES string of the molecule is COc1ccc(C(=O)NCCN(C(C)=O)c2cccc(Cl)c2)cc1OC. The quantitative estimate of drug-likeness (QED) is 0.806. The summed E-state index contributed by atoms with van der Waals surface area (Å²) in [7, 11) is 3.04. The highest BCUT2D eigenvalue weighted by Crippen LogP contribution is 2.27. The first-order valence-electron chi connectivity index (χ1n) is 8.00. The second kappa shape index (κ2) is 9.10. The van der Waals surface area contributed by atoms with Crippen LogP contribution in [0.25, 0.3) is 0 Å². The van der Waals surface area contributed by atoms with E-state index >= 15 is 0 Å². The summed E-state index contributed by atoms with van der Waals surface area (Å²) in [6.07, 6.45) is 0. The van der Waals surface area contributed by atoms with Gasteiger partial charge in [0, 0.05) is 36.3 Å². The van der Waals surface area contributed by atoms with Gasteiger partial charge in [0.05, 0.1) is 14.2 Å². The maximum atomic E-state index is 12.3. The number of nitrogens with zero attached hydrogens (tertiary/aromatic N) is 1. The van der Waals surface area contributed by atoms with Gasteiger partial charge in [-0.15, -0.1) is 0 Å². The second-order valence-electron chi connectivity index (χ2n) is 5.48. The molecule has 0 fully saturated rings. The first kappa shape index (κ1) is 19.6. The fourth-order valence-electron chi connectivity index (χ4n) is 2.47. The zero-order chi connectivity index (χ0) is 19.1. The van der Waals surface area contributed by atoms with Crippen molar-refractivity contribution < 1.29 is 19.1 Å². The molecule has 26 heavy (non-hydrogen) atoms. The van der Waals surface area contributed by atoms with Crippen LogP contribution >= 0.6 is 11.6 Å². The van der Waals surface area contributed by atoms with Crippen molar-refractivity contribution in [2.45, 2.75) is 6.92 Å². The maximum Gasteiger partial charge on any atom is 0.251 e. The van der Waals surface area contributed by atoms with Gasteiger partial charge in [0.1, 0.15) is 0 Å². The van der Waals surface area contributed by atoms with Gasteiger partial charge in [0.25, 0.3) is 5.91 Å². The van der Waals surface area contributed by atoms with E-state index in [2.05, 4.69) is 5.32 Å². The van der Waals surface area contributed by atoms with Crippen molar-refractivity contribution in [3.05, 3.63) is 53.1 Å². The van der Waals surface area contributed by atoms with Crippen molar-refractivity contribution in [3.63, 3.8) is 0 Å². The number of hydrogen-bond donors (Lipinski definition) is 1. The molecule has 7 heteroatoms. The molecule has 2 amide bonds. The minimum Gasteiger partial charge on any atom is -0.493 e. The van der Waals surface area contributed by atoms with E-state index in [1.807, 2.05) is 0 Å². The molecule has 0 aromatic heterocycles. The van der Waals surface area contributed by atoms with Crippen molar-refractivity contribution >= 4 is 29.1 Å². The molecular weight excluding hydrogens is 356 g/mol. The van der Waals surface area contributed by atoms with Gasteiger partial charge in [0.15, 0.2) is 11.5 Å². The maximum absolute atomic E-state index is 12.3. The van der Waals surface area contributed by atoms with Gasteiger partial charge < -0.3 is 19.7 Å². The normalized spacial score (nSPS) is 10.2. The minimum atomic E-state index is -0.263. The number of anilines is 1. The Balaban J connectivity index is 2.01. The number of methoxy groups -OCH3 is 2. The van der Waals surface area contributed by atoms with Crippen molar-refractivity contribution in [3.8, 4) is 11.5 Å². The molecule has 0 aliphatic rings. The third-order valence-corrected chi connectivity index (χ3v) is 4.00. The molecule has 1 N–H and O–H groups in total. The standard InChI is InChI=1S/C19H21ClN2O4/c1-13(23)22(16-6-4-5-15(20)12-16)10-9-21-19(24)14-7-8-17(25-2)18(11-14)26-3/h4-8,11-12H,9-10H2,1-3H3,(H,21,24). The van der Waals surface area contributed by atoms with Crippen LogP contribution in [-0.4, -0.2) is 39.1 Å². The molecule has 0 aliphatic heterocycles. The summed E-state index contributed by atoms with van der Waals surface area (Å²) in [5, 5.41) is 3.34. The molecule has 2 rings (SSSR count). The molecular formula is C19H21ClN2O4. The lowest BCUT2D eigenvalue weighted by Gasteiger charge is -2.21. The Labute approximate surface area is 157 Å². The Morgan fingerprint density at radius 1 is 1.08 bits per heavy atom. The monoisotopic (exact) mass is 376 g/mol. The summed E-state index contributed by atoms with van der Waals surface area (Å²) in [4.78, 5) is 25.8. The van der Waals surface area contributed by atoms with E-state index in [-0.39, 0.29) is 11.8 Å². The summed E-state index contributed by atoms with van der Waals surface area (Å²) in [5.41, 5.74) is 1.13. The number of carbonyl (C=O) groups is 2. The Kier molecular flexibility index (Phi) is 6.86. The summed E-state index contributed by atoms with van der Waals surface area (Å²) in [5.74, 6) is 0.630. The van der Waals surface area contributed by atoms with E-state index in [0.29, 0.717) is 40.9 Å². The highest BCUT2D eigenvalue weighted by Gasteiger charge is 2.14. The molecule has 2 aromatic carbocycles. The Morgan fingerprint density at radius 3 is 2.42 bits per heavy atom. The molecule has 6 nitrogen and oxygen atoms in total. The zero-order valence-electron chi connectivity index (χ0n) is 14.9. The Bertz CT molecular complexity index is 795. The van der Waals surface area contributed by atoms with Gasteiger partial charge in [-0.3, -0.25) is 9.59 Å². The fourth-order valence-corrected chi connectivity index (χ4v) is 2.66. The van der Waals surface area contributed by atoms with E-state index in [0.717, 1.165) is 0 Å². The van der Waals surface area contributed by atoms with Crippen LogP contribution in [0.5, 0.6) is 11.5 Å². The van der Waals surface area contributed by atoms with E-state index in [1.165, 1.54) is 21.1 Å². The van der Waals surface area contributed by atoms with Gasteiger partial charge in [-0.05, 0) is 36.4 Å². The summed E-state index contributed by atoms with van der Waals surface area (Å²) in [6.45, 7) is 2.09. The van der Waals surface area contributed by atoms with E-state index in [1.54, 1.807) is 47.4 Å². The Hall–Kier alpha value is -2.73. The lowest BCUT2D eigenvalue weighted by Crippen LogP contribution is -2.37. The largest absolute Gasteiger partial charge is 0.493 e. The molecule has 0 spiro atoms. The minimum absolute atomic E-state index is 0.132. The van der Waals surface area contributed by atoms with Crippen LogP contribution in [0.4, 0.5) is 5.69 Å². The first-order valence-corrected chi connectivity index (χ1v) is 8.38. The van der Waals surface area contributed by atoms with Gasteiger partial charge >= 0.3 is 0 Å². The number of carbonyl (C=O) groups excluding carboxylic acids is 2. The van der Waals surface area contributed by atoms with Gasteiger partial charge in [0.2, 0.25) is 5.91 Å². The number of benzene rings is 2. The fraction of sp³-hybridized carbons (Fsp3) is 0.263. The number of hydrogen-bond acceptors (Lipinski definition) is 4. The molecule has 0 saturated heterocycles. The number of rotatable bonds is 7. The first-order chi connectivity index (χ1) is 12.5. The second-order valence-corrected chi connectivity index (χ2v) is 5.91. The number of amides is 2. The van der Waals surface area contributed by atoms with E-state index in [9.17, 15) is 9.59 Å². The van der Waals surface area contributed by atoms with E-state index < -0.39 is 0 Å². The average Bonchev–Trinajstić information content (AvgIpc) is 2.64. The molecule has 0 unspecified atom stereocenters. The van der Waals surface area contributed by atoms with Crippen LogP contribution in [-0.2, 0) is 4.79 Å². The van der Waals surface area contributed by atoms with Crippen LogP contribution in [0.3, 0.4) is 0 Å². The number of nitrogens with one attached hydrogen (secondary N) is 1. The molecule has 2 aromatic rings. The predicted octanol–water partition coefficient (Wildman–Crippen LogP) is 3.14. The van der Waals surface area contributed by atoms with Crippen molar-refractivity contribution in [1.29, 1.82) is 0 Å². The van der Waals surface area contributed by atoms with Crippen molar-refractivity contribution in [2.24, 2.45) is 0 Å². The molecule has 138 valence electrons. The summed E-state index contributed by atoms with van der Waals surface area (Å²) < 4.78 is 10.4. The lowest BCUT2D eigenvalue weighted by molar-refractivity contribution is -0.116. The van der Waals surface area contributed by atoms with Crippen LogP contribution in [0.1, 0.15) is 17.3 Å². The highest BCUT2D eigenvalue weighted by atomic mass is 35.5. The smallest absolute Gasteiger partial charge is 0.251 e. The molecule has 0 bridgehead atoms. The van der Waals surface area contributed by atoms with Gasteiger partial charge in [-0.1, -0.05) is 17.7 Å². The zero-order valence-corrected chi connectivity index (χ0v) is 15.7. The van der Waals surface area contributed by atoms with Crippen LogP contribution in [0.2, 0.25) is 5.02 Å². The third-order valence-electron chi connectivity index (χ3n) is 3.77. The molecule has 0 atom stereocenters. The number of halogens is 1. The summed E-state index contributed by atoms with van der Waals surface area (Å²) >= 11 is 5.98. The topological polar surface area (TPSA) is 67.9 Å². The molecule has 0 saturated carbocycles. The van der Waals surface area contributed by atoms with Crippen LogP contribution in [0.15, 0.2) is 42.5 Å². The van der Waals surface area contributed by atoms with Crippen molar-refractivity contribution in [1.82, 2.24) is 5.32 Å². The molecule has 0 radical (unpaired) electrons. The highest BCUT2D eigenvalue weighted by molar-refractivity contribution is 6.30. The van der Waals surface area contributed by atoms with E-state index in [4.69, 9.17) is 21.1 Å². The summed E-state index contributed by atoms with van der Waals surface area (Å²) in [6, 6.07) is 11.9. The predicted molar refractivity (Wildman–Crippen MR) is 101 cm³/mol. The van der Waals surface area contributed by atoms with Crippen LogP contribution < -0.4 is 19.7 Å².